The minimum atomic E-state index is 0.984. The number of hydrogen-bond donors (Lipinski definition) is 1. The molecule has 0 amide bonds. The van der Waals surface area contributed by atoms with Gasteiger partial charge in [0.1, 0.15) is 5.01 Å². The molecule has 144 valence electrons. The molecule has 29 heavy (non-hydrogen) atoms. The zero-order valence-corrected chi connectivity index (χ0v) is 17.8. The smallest absolute Gasteiger partial charge is 0.118 e. The summed E-state index contributed by atoms with van der Waals surface area (Å²) in [6.45, 7) is 6.45. The van der Waals surface area contributed by atoms with Gasteiger partial charge in [0.2, 0.25) is 0 Å². The molecule has 3 aromatic carbocycles. The highest BCUT2D eigenvalue weighted by molar-refractivity contribution is 7.10. The van der Waals surface area contributed by atoms with Crippen molar-refractivity contribution in [3.05, 3.63) is 105 Å². The molecule has 0 saturated carbocycles. The van der Waals surface area contributed by atoms with E-state index >= 15 is 0 Å². The fraction of sp³-hybridized carbons (Fsp3) is 0.115. The lowest BCUT2D eigenvalue weighted by Crippen LogP contribution is -2.03. The molecule has 0 fully saturated rings. The van der Waals surface area contributed by atoms with Gasteiger partial charge in [0, 0.05) is 22.3 Å². The van der Waals surface area contributed by atoms with Crippen molar-refractivity contribution < 1.29 is 0 Å². The fourth-order valence-electron chi connectivity index (χ4n) is 3.54. The highest BCUT2D eigenvalue weighted by Gasteiger charge is 2.10. The van der Waals surface area contributed by atoms with Crippen molar-refractivity contribution >= 4 is 28.8 Å². The predicted octanol–water partition coefficient (Wildman–Crippen LogP) is 7.35. The van der Waals surface area contributed by atoms with Gasteiger partial charge in [0.25, 0.3) is 0 Å². The topological polar surface area (TPSA) is 24.9 Å². The SMILES string of the molecule is Cc1cc(C)c(NC(=Cc2nc(-c3ccccc3)cs2)c2ccccc2)c(C)c1. The lowest BCUT2D eigenvalue weighted by Gasteiger charge is -2.17. The summed E-state index contributed by atoms with van der Waals surface area (Å²) in [7, 11) is 0. The number of rotatable bonds is 5. The molecule has 1 heterocycles. The number of nitrogens with one attached hydrogen (secondary N) is 1. The molecule has 2 nitrogen and oxygen atoms in total. The Balaban J connectivity index is 1.74. The summed E-state index contributed by atoms with van der Waals surface area (Å²) < 4.78 is 0. The maximum Gasteiger partial charge on any atom is 0.118 e. The molecule has 0 radical (unpaired) electrons. The average Bonchev–Trinajstić information content (AvgIpc) is 3.20. The number of benzene rings is 3. The van der Waals surface area contributed by atoms with Crippen LogP contribution in [0.25, 0.3) is 23.0 Å². The molecule has 3 heteroatoms. The van der Waals surface area contributed by atoms with E-state index in [1.807, 2.05) is 24.3 Å². The minimum absolute atomic E-state index is 0.984. The van der Waals surface area contributed by atoms with Crippen LogP contribution in [0.4, 0.5) is 5.69 Å². The van der Waals surface area contributed by atoms with Gasteiger partial charge in [-0.05, 0) is 43.5 Å². The summed E-state index contributed by atoms with van der Waals surface area (Å²) >= 11 is 1.66. The van der Waals surface area contributed by atoms with Crippen LogP contribution in [0.5, 0.6) is 0 Å². The summed E-state index contributed by atoms with van der Waals surface area (Å²) in [6.07, 6.45) is 2.14. The van der Waals surface area contributed by atoms with E-state index < -0.39 is 0 Å². The van der Waals surface area contributed by atoms with Crippen molar-refractivity contribution in [1.82, 2.24) is 4.98 Å². The fourth-order valence-corrected chi connectivity index (χ4v) is 4.30. The molecule has 0 aliphatic carbocycles. The van der Waals surface area contributed by atoms with Gasteiger partial charge in [-0.2, -0.15) is 0 Å². The van der Waals surface area contributed by atoms with Crippen molar-refractivity contribution in [3.8, 4) is 11.3 Å². The van der Waals surface area contributed by atoms with Crippen molar-refractivity contribution in [3.63, 3.8) is 0 Å². The Morgan fingerprint density at radius 3 is 2.14 bits per heavy atom. The second kappa shape index (κ2) is 8.46. The summed E-state index contributed by atoms with van der Waals surface area (Å²) in [6, 6.07) is 25.2. The third-order valence-electron chi connectivity index (χ3n) is 4.88. The first kappa shape index (κ1) is 19.2. The Labute approximate surface area is 176 Å². The zero-order valence-electron chi connectivity index (χ0n) is 16.9. The minimum Gasteiger partial charge on any atom is -0.355 e. The average molecular weight is 397 g/mol. The standard InChI is InChI=1S/C26H24N2S/c1-18-14-19(2)26(20(3)15-18)28-23(21-10-6-4-7-11-21)16-25-27-24(17-29-25)22-12-8-5-9-13-22/h4-17,28H,1-3H3. The highest BCUT2D eigenvalue weighted by Crippen LogP contribution is 2.29. The molecule has 0 unspecified atom stereocenters. The normalized spacial score (nSPS) is 11.5. The van der Waals surface area contributed by atoms with Crippen LogP contribution >= 0.6 is 11.3 Å². The van der Waals surface area contributed by atoms with Gasteiger partial charge in [-0.25, -0.2) is 4.98 Å². The number of aromatic nitrogens is 1. The monoisotopic (exact) mass is 396 g/mol. The van der Waals surface area contributed by atoms with Gasteiger partial charge >= 0.3 is 0 Å². The molecule has 0 aliphatic heterocycles. The summed E-state index contributed by atoms with van der Waals surface area (Å²) in [5, 5.41) is 6.79. The number of anilines is 1. The molecule has 0 aliphatic rings. The number of hydrogen-bond acceptors (Lipinski definition) is 3. The molecule has 0 atom stereocenters. The van der Waals surface area contributed by atoms with Crippen LogP contribution in [-0.2, 0) is 0 Å². The Morgan fingerprint density at radius 2 is 1.48 bits per heavy atom. The quantitative estimate of drug-likeness (QED) is 0.381. The van der Waals surface area contributed by atoms with Crippen LogP contribution < -0.4 is 5.32 Å². The van der Waals surface area contributed by atoms with E-state index in [1.165, 1.54) is 16.7 Å². The first-order valence-corrected chi connectivity index (χ1v) is 10.6. The Morgan fingerprint density at radius 1 is 0.862 bits per heavy atom. The molecule has 1 N–H and O–H groups in total. The van der Waals surface area contributed by atoms with Gasteiger partial charge in [-0.15, -0.1) is 11.3 Å². The van der Waals surface area contributed by atoms with E-state index in [0.29, 0.717) is 0 Å². The van der Waals surface area contributed by atoms with Crippen LogP contribution in [0.2, 0.25) is 0 Å². The van der Waals surface area contributed by atoms with E-state index in [0.717, 1.165) is 33.2 Å². The van der Waals surface area contributed by atoms with Gasteiger partial charge < -0.3 is 5.32 Å². The van der Waals surface area contributed by atoms with Crippen LogP contribution in [0, 0.1) is 20.8 Å². The van der Waals surface area contributed by atoms with Crippen LogP contribution in [0.3, 0.4) is 0 Å². The first-order valence-electron chi connectivity index (χ1n) is 9.73. The van der Waals surface area contributed by atoms with Crippen LogP contribution in [-0.4, -0.2) is 4.98 Å². The Hall–Kier alpha value is -3.17. The van der Waals surface area contributed by atoms with E-state index in [2.05, 4.69) is 86.1 Å². The lowest BCUT2D eigenvalue weighted by atomic mass is 10.0. The van der Waals surface area contributed by atoms with Gasteiger partial charge in [-0.1, -0.05) is 78.4 Å². The van der Waals surface area contributed by atoms with Gasteiger partial charge in [0.15, 0.2) is 0 Å². The predicted molar refractivity (Wildman–Crippen MR) is 126 cm³/mol. The molecular weight excluding hydrogens is 372 g/mol. The van der Waals surface area contributed by atoms with Crippen molar-refractivity contribution in [2.24, 2.45) is 0 Å². The number of thiazole rings is 1. The third-order valence-corrected chi connectivity index (χ3v) is 5.67. The molecular formula is C26H24N2S. The summed E-state index contributed by atoms with van der Waals surface area (Å²) in [4.78, 5) is 4.85. The molecule has 0 spiro atoms. The van der Waals surface area contributed by atoms with E-state index in [9.17, 15) is 0 Å². The Kier molecular flexibility index (Phi) is 5.59. The molecule has 1 aromatic heterocycles. The molecule has 4 aromatic rings. The third kappa shape index (κ3) is 4.47. The molecule has 0 bridgehead atoms. The summed E-state index contributed by atoms with van der Waals surface area (Å²) in [5.74, 6) is 0. The lowest BCUT2D eigenvalue weighted by molar-refractivity contribution is 1.31. The molecule has 0 saturated heterocycles. The zero-order chi connectivity index (χ0) is 20.2. The maximum atomic E-state index is 4.85. The van der Waals surface area contributed by atoms with Gasteiger partial charge in [-0.3, -0.25) is 0 Å². The largest absolute Gasteiger partial charge is 0.355 e. The van der Waals surface area contributed by atoms with Crippen LogP contribution in [0.15, 0.2) is 78.2 Å². The van der Waals surface area contributed by atoms with E-state index in [4.69, 9.17) is 4.98 Å². The van der Waals surface area contributed by atoms with Crippen molar-refractivity contribution in [2.45, 2.75) is 20.8 Å². The second-order valence-electron chi connectivity index (χ2n) is 7.26. The summed E-state index contributed by atoms with van der Waals surface area (Å²) in [5.41, 5.74) is 9.27. The molecule has 4 rings (SSSR count). The Bertz CT molecular complexity index is 1120. The van der Waals surface area contributed by atoms with Crippen molar-refractivity contribution in [1.29, 1.82) is 0 Å². The van der Waals surface area contributed by atoms with E-state index in [1.54, 1.807) is 11.3 Å². The number of aryl methyl sites for hydroxylation is 3. The highest BCUT2D eigenvalue weighted by atomic mass is 32.1. The van der Waals surface area contributed by atoms with E-state index in [-0.39, 0.29) is 0 Å². The van der Waals surface area contributed by atoms with Gasteiger partial charge in [0.05, 0.1) is 5.69 Å². The second-order valence-corrected chi connectivity index (χ2v) is 8.15. The maximum absolute atomic E-state index is 4.85. The van der Waals surface area contributed by atoms with Crippen LogP contribution in [0.1, 0.15) is 27.3 Å². The first-order chi connectivity index (χ1) is 14.1. The number of nitrogens with zero attached hydrogens (tertiary/aromatic N) is 1. The van der Waals surface area contributed by atoms with Crippen molar-refractivity contribution in [2.75, 3.05) is 5.32 Å².